The van der Waals surface area contributed by atoms with Crippen molar-refractivity contribution in [1.29, 1.82) is 0 Å². The van der Waals surface area contributed by atoms with Gasteiger partial charge >= 0.3 is 0 Å². The lowest BCUT2D eigenvalue weighted by Gasteiger charge is -2.15. The van der Waals surface area contributed by atoms with E-state index >= 15 is 0 Å². The van der Waals surface area contributed by atoms with E-state index in [2.05, 4.69) is 5.32 Å². The van der Waals surface area contributed by atoms with Crippen LogP contribution in [0.3, 0.4) is 0 Å². The van der Waals surface area contributed by atoms with Crippen LogP contribution in [0.1, 0.15) is 18.9 Å². The standard InChI is InChI=1S/C14H21NO3/c1-11(8-13(16)10-18-2)14(17)15-9-12-6-4-3-5-7-12/h3-7,11,13,16H,8-10H2,1-2H3,(H,15,17). The molecule has 0 aliphatic rings. The predicted molar refractivity (Wildman–Crippen MR) is 70.0 cm³/mol. The lowest BCUT2D eigenvalue weighted by atomic mass is 10.0. The number of nitrogens with one attached hydrogen (secondary N) is 1. The van der Waals surface area contributed by atoms with Crippen molar-refractivity contribution in [3.8, 4) is 0 Å². The molecule has 0 spiro atoms. The summed E-state index contributed by atoms with van der Waals surface area (Å²) in [4.78, 5) is 11.8. The molecule has 4 nitrogen and oxygen atoms in total. The first-order valence-corrected chi connectivity index (χ1v) is 6.12. The smallest absolute Gasteiger partial charge is 0.223 e. The molecule has 0 aliphatic carbocycles. The zero-order valence-corrected chi connectivity index (χ0v) is 10.9. The summed E-state index contributed by atoms with van der Waals surface area (Å²) in [6, 6.07) is 9.74. The molecule has 1 aromatic rings. The Morgan fingerprint density at radius 2 is 2.06 bits per heavy atom. The van der Waals surface area contributed by atoms with Crippen LogP contribution in [0.25, 0.3) is 0 Å². The van der Waals surface area contributed by atoms with Gasteiger partial charge in [0.1, 0.15) is 0 Å². The van der Waals surface area contributed by atoms with Crippen molar-refractivity contribution in [3.05, 3.63) is 35.9 Å². The molecule has 1 aromatic carbocycles. The molecular formula is C14H21NO3. The molecule has 18 heavy (non-hydrogen) atoms. The fourth-order valence-corrected chi connectivity index (χ4v) is 1.73. The SMILES string of the molecule is COCC(O)CC(C)C(=O)NCc1ccccc1. The number of aliphatic hydroxyl groups excluding tert-OH is 1. The first kappa shape index (κ1) is 14.7. The maximum absolute atomic E-state index is 11.8. The summed E-state index contributed by atoms with van der Waals surface area (Å²) in [7, 11) is 1.53. The van der Waals surface area contributed by atoms with Crippen LogP contribution in [0, 0.1) is 5.92 Å². The molecule has 1 rings (SSSR count). The number of benzene rings is 1. The zero-order chi connectivity index (χ0) is 13.4. The van der Waals surface area contributed by atoms with E-state index in [-0.39, 0.29) is 18.4 Å². The molecule has 0 aromatic heterocycles. The molecular weight excluding hydrogens is 230 g/mol. The number of aliphatic hydroxyl groups is 1. The summed E-state index contributed by atoms with van der Waals surface area (Å²) < 4.78 is 4.83. The van der Waals surface area contributed by atoms with E-state index in [0.29, 0.717) is 13.0 Å². The van der Waals surface area contributed by atoms with Gasteiger partial charge in [0.25, 0.3) is 0 Å². The normalized spacial score (nSPS) is 13.9. The summed E-state index contributed by atoms with van der Waals surface area (Å²) in [5.74, 6) is -0.270. The number of amides is 1. The molecule has 0 saturated heterocycles. The highest BCUT2D eigenvalue weighted by atomic mass is 16.5. The van der Waals surface area contributed by atoms with Crippen molar-refractivity contribution in [2.75, 3.05) is 13.7 Å². The van der Waals surface area contributed by atoms with Gasteiger partial charge in [0.05, 0.1) is 12.7 Å². The van der Waals surface area contributed by atoms with Crippen molar-refractivity contribution >= 4 is 5.91 Å². The average Bonchev–Trinajstić information content (AvgIpc) is 2.37. The summed E-state index contributed by atoms with van der Waals surface area (Å²) in [6.07, 6.45) is -0.179. The van der Waals surface area contributed by atoms with Crippen LogP contribution in [0.5, 0.6) is 0 Å². The summed E-state index contributed by atoms with van der Waals surface area (Å²) >= 11 is 0. The quantitative estimate of drug-likeness (QED) is 0.768. The third kappa shape index (κ3) is 5.29. The summed E-state index contributed by atoms with van der Waals surface area (Å²) in [6.45, 7) is 2.58. The van der Waals surface area contributed by atoms with Gasteiger partial charge in [0.2, 0.25) is 5.91 Å². The highest BCUT2D eigenvalue weighted by molar-refractivity contribution is 5.78. The zero-order valence-electron chi connectivity index (χ0n) is 10.9. The Hall–Kier alpha value is -1.39. The average molecular weight is 251 g/mol. The van der Waals surface area contributed by atoms with E-state index in [0.717, 1.165) is 5.56 Å². The van der Waals surface area contributed by atoms with Gasteiger partial charge in [-0.05, 0) is 12.0 Å². The van der Waals surface area contributed by atoms with Gasteiger partial charge < -0.3 is 15.2 Å². The number of rotatable bonds is 7. The lowest BCUT2D eigenvalue weighted by Crippen LogP contribution is -2.31. The Kier molecular flexibility index (Phi) is 6.39. The van der Waals surface area contributed by atoms with Crippen molar-refractivity contribution in [2.24, 2.45) is 5.92 Å². The van der Waals surface area contributed by atoms with E-state index in [9.17, 15) is 9.90 Å². The highest BCUT2D eigenvalue weighted by Gasteiger charge is 2.16. The van der Waals surface area contributed by atoms with E-state index in [1.807, 2.05) is 30.3 Å². The topological polar surface area (TPSA) is 58.6 Å². The van der Waals surface area contributed by atoms with E-state index in [1.54, 1.807) is 6.92 Å². The molecule has 100 valence electrons. The molecule has 2 unspecified atom stereocenters. The molecule has 0 heterocycles. The number of methoxy groups -OCH3 is 1. The van der Waals surface area contributed by atoms with Crippen LogP contribution in [0.15, 0.2) is 30.3 Å². The minimum Gasteiger partial charge on any atom is -0.391 e. The summed E-state index contributed by atoms with van der Waals surface area (Å²) in [5, 5.41) is 12.4. The van der Waals surface area contributed by atoms with E-state index in [4.69, 9.17) is 4.74 Å². The second-order valence-electron chi connectivity index (χ2n) is 4.45. The third-order valence-corrected chi connectivity index (χ3v) is 2.74. The molecule has 1 amide bonds. The highest BCUT2D eigenvalue weighted by Crippen LogP contribution is 2.07. The number of hydrogen-bond acceptors (Lipinski definition) is 3. The van der Waals surface area contributed by atoms with Gasteiger partial charge in [-0.1, -0.05) is 37.3 Å². The van der Waals surface area contributed by atoms with Crippen LogP contribution in [-0.2, 0) is 16.1 Å². The number of carbonyl (C=O) groups excluding carboxylic acids is 1. The van der Waals surface area contributed by atoms with Crippen LogP contribution in [0.2, 0.25) is 0 Å². The van der Waals surface area contributed by atoms with Gasteiger partial charge in [0.15, 0.2) is 0 Å². The van der Waals surface area contributed by atoms with E-state index < -0.39 is 6.10 Å². The molecule has 0 radical (unpaired) electrons. The number of ether oxygens (including phenoxy) is 1. The molecule has 0 fully saturated rings. The molecule has 0 saturated carbocycles. The Morgan fingerprint density at radius 1 is 1.39 bits per heavy atom. The molecule has 0 bridgehead atoms. The fraction of sp³-hybridized carbons (Fsp3) is 0.500. The van der Waals surface area contributed by atoms with Crippen LogP contribution in [-0.4, -0.2) is 30.8 Å². The maximum atomic E-state index is 11.8. The first-order chi connectivity index (χ1) is 8.63. The van der Waals surface area contributed by atoms with Gasteiger partial charge in [-0.3, -0.25) is 4.79 Å². The van der Waals surface area contributed by atoms with Crippen molar-refractivity contribution in [2.45, 2.75) is 26.0 Å². The largest absolute Gasteiger partial charge is 0.391 e. The van der Waals surface area contributed by atoms with Crippen LogP contribution in [0.4, 0.5) is 0 Å². The molecule has 0 aliphatic heterocycles. The predicted octanol–water partition coefficient (Wildman–Crippen LogP) is 1.34. The third-order valence-electron chi connectivity index (χ3n) is 2.74. The second kappa shape index (κ2) is 7.84. The second-order valence-corrected chi connectivity index (χ2v) is 4.45. The van der Waals surface area contributed by atoms with Gasteiger partial charge in [-0.15, -0.1) is 0 Å². The van der Waals surface area contributed by atoms with Crippen molar-refractivity contribution in [1.82, 2.24) is 5.32 Å². The van der Waals surface area contributed by atoms with Crippen LogP contribution < -0.4 is 5.32 Å². The Bertz CT molecular complexity index is 353. The molecule has 4 heteroatoms. The summed E-state index contributed by atoms with van der Waals surface area (Å²) in [5.41, 5.74) is 1.07. The Balaban J connectivity index is 2.32. The molecule has 2 N–H and O–H groups in total. The van der Waals surface area contributed by atoms with Gasteiger partial charge in [0, 0.05) is 19.6 Å². The Morgan fingerprint density at radius 3 is 2.67 bits per heavy atom. The molecule has 2 atom stereocenters. The lowest BCUT2D eigenvalue weighted by molar-refractivity contribution is -0.125. The fourth-order valence-electron chi connectivity index (χ4n) is 1.73. The first-order valence-electron chi connectivity index (χ1n) is 6.12. The minimum absolute atomic E-state index is 0.0472. The van der Waals surface area contributed by atoms with Crippen LogP contribution >= 0.6 is 0 Å². The minimum atomic E-state index is -0.590. The number of carbonyl (C=O) groups is 1. The van der Waals surface area contributed by atoms with Crippen molar-refractivity contribution in [3.63, 3.8) is 0 Å². The number of hydrogen-bond donors (Lipinski definition) is 2. The maximum Gasteiger partial charge on any atom is 0.223 e. The van der Waals surface area contributed by atoms with Gasteiger partial charge in [-0.25, -0.2) is 0 Å². The monoisotopic (exact) mass is 251 g/mol. The van der Waals surface area contributed by atoms with Gasteiger partial charge in [-0.2, -0.15) is 0 Å². The van der Waals surface area contributed by atoms with Crippen molar-refractivity contribution < 1.29 is 14.6 Å². The van der Waals surface area contributed by atoms with E-state index in [1.165, 1.54) is 7.11 Å². The Labute approximate surface area is 108 Å².